The van der Waals surface area contributed by atoms with Crippen LogP contribution in [0.1, 0.15) is 90.2 Å². The van der Waals surface area contributed by atoms with Gasteiger partial charge in [-0.15, -0.1) is 11.8 Å². The number of nitrogens with one attached hydrogen (secondary N) is 1. The maximum atomic E-state index is 11.3. The second-order valence-electron chi connectivity index (χ2n) is 14.2. The Hall–Kier alpha value is -2.82. The standard InChI is InChI=1S/C36H46ClN5O3S.C3H6/c1-22(2)45-33-20-28(26-12-15-41(27-13-16-44-17-14-27)32(19-26)25-10-11-25)24(5)18-30(33)39-36-38-21-29(37)35(40-36)42(43)31-8-6-7-9-34(31)46-23(3)4;1-2-3-1/h6-9,12,18,20-23,25,27,32,43H,10-11,13-17,19H2,1-5H3,(H,38,39,40);1-3H2. The number of hydrogen-bond donors (Lipinski definition) is 2. The van der Waals surface area contributed by atoms with Crippen LogP contribution in [0.3, 0.4) is 0 Å². The fourth-order valence-electron chi connectivity index (χ4n) is 6.62. The highest BCUT2D eigenvalue weighted by atomic mass is 35.5. The lowest BCUT2D eigenvalue weighted by molar-refractivity contribution is 0.0167. The molecule has 2 aromatic carbocycles. The molecule has 1 atom stereocenters. The molecule has 4 aliphatic rings. The minimum Gasteiger partial charge on any atom is -0.489 e. The molecule has 49 heavy (non-hydrogen) atoms. The van der Waals surface area contributed by atoms with E-state index in [-0.39, 0.29) is 16.9 Å². The van der Waals surface area contributed by atoms with E-state index in [0.29, 0.717) is 29.0 Å². The average Bonchev–Trinajstić information content (AvgIpc) is 4.00. The lowest BCUT2D eigenvalue weighted by atomic mass is 9.87. The minimum absolute atomic E-state index is 0.0238. The Labute approximate surface area is 301 Å². The first-order chi connectivity index (χ1) is 23.7. The Morgan fingerprint density at radius 2 is 1.80 bits per heavy atom. The number of aryl methyl sites for hydroxylation is 1. The lowest BCUT2D eigenvalue weighted by Gasteiger charge is -2.42. The van der Waals surface area contributed by atoms with Gasteiger partial charge in [-0.3, -0.25) is 10.1 Å². The van der Waals surface area contributed by atoms with Crippen molar-refractivity contribution in [3.05, 3.63) is 64.8 Å². The molecule has 2 N–H and O–H groups in total. The van der Waals surface area contributed by atoms with Crippen LogP contribution < -0.4 is 15.1 Å². The van der Waals surface area contributed by atoms with Crippen molar-refractivity contribution in [1.29, 1.82) is 0 Å². The molecular formula is C39H52ClN5O3S. The summed E-state index contributed by atoms with van der Waals surface area (Å²) in [6.07, 6.45) is 14.4. The number of ether oxygens (including phenoxy) is 2. The molecular weight excluding hydrogens is 654 g/mol. The normalized spacial score (nSPS) is 19.7. The Morgan fingerprint density at radius 1 is 1.06 bits per heavy atom. The molecule has 0 bridgehead atoms. The molecule has 8 nitrogen and oxygen atoms in total. The molecule has 0 spiro atoms. The van der Waals surface area contributed by atoms with Crippen LogP contribution in [0.5, 0.6) is 5.75 Å². The van der Waals surface area contributed by atoms with Crippen molar-refractivity contribution in [2.24, 2.45) is 5.92 Å². The first-order valence-electron chi connectivity index (χ1n) is 18.1. The first-order valence-corrected chi connectivity index (χ1v) is 19.3. The van der Waals surface area contributed by atoms with Gasteiger partial charge in [0.25, 0.3) is 0 Å². The Kier molecular flexibility index (Phi) is 12.1. The molecule has 1 saturated heterocycles. The Morgan fingerprint density at radius 3 is 2.47 bits per heavy atom. The summed E-state index contributed by atoms with van der Waals surface area (Å²) in [5, 5.41) is 16.3. The van der Waals surface area contributed by atoms with Crippen molar-refractivity contribution in [2.45, 2.75) is 114 Å². The highest BCUT2D eigenvalue weighted by Crippen LogP contribution is 2.45. The minimum atomic E-state index is -0.0238. The summed E-state index contributed by atoms with van der Waals surface area (Å²) in [7, 11) is 0. The van der Waals surface area contributed by atoms with E-state index < -0.39 is 0 Å². The molecule has 3 heterocycles. The number of para-hydroxylation sites is 1. The maximum absolute atomic E-state index is 11.3. The summed E-state index contributed by atoms with van der Waals surface area (Å²) in [6, 6.07) is 13.2. The van der Waals surface area contributed by atoms with E-state index >= 15 is 0 Å². The molecule has 2 saturated carbocycles. The number of halogens is 1. The van der Waals surface area contributed by atoms with Crippen LogP contribution in [0.4, 0.5) is 23.1 Å². The van der Waals surface area contributed by atoms with Crippen LogP contribution >= 0.6 is 23.4 Å². The fourth-order valence-corrected chi connectivity index (χ4v) is 7.73. The van der Waals surface area contributed by atoms with E-state index in [0.717, 1.165) is 71.9 Å². The van der Waals surface area contributed by atoms with Crippen molar-refractivity contribution in [3.8, 4) is 5.75 Å². The number of thioether (sulfide) groups is 1. The van der Waals surface area contributed by atoms with Crippen LogP contribution in [0.25, 0.3) is 5.57 Å². The van der Waals surface area contributed by atoms with Gasteiger partial charge in [-0.1, -0.05) is 62.9 Å². The predicted molar refractivity (Wildman–Crippen MR) is 202 cm³/mol. The summed E-state index contributed by atoms with van der Waals surface area (Å²) < 4.78 is 12.0. The molecule has 3 fully saturated rings. The number of aromatic nitrogens is 2. The molecule has 1 aromatic heterocycles. The summed E-state index contributed by atoms with van der Waals surface area (Å²) >= 11 is 8.19. The third-order valence-corrected chi connectivity index (χ3v) is 10.6. The smallest absolute Gasteiger partial charge is 0.229 e. The molecule has 0 amide bonds. The van der Waals surface area contributed by atoms with Crippen molar-refractivity contribution in [3.63, 3.8) is 0 Å². The van der Waals surface area contributed by atoms with Gasteiger partial charge in [-0.25, -0.2) is 10.0 Å². The number of anilines is 4. The molecule has 7 rings (SSSR count). The van der Waals surface area contributed by atoms with Gasteiger partial charge in [0.15, 0.2) is 5.82 Å². The van der Waals surface area contributed by atoms with Gasteiger partial charge in [-0.2, -0.15) is 4.98 Å². The van der Waals surface area contributed by atoms with Gasteiger partial charge in [0.05, 0.1) is 23.7 Å². The Bertz CT molecular complexity index is 1600. The molecule has 3 aromatic rings. The van der Waals surface area contributed by atoms with Crippen molar-refractivity contribution >= 4 is 52.1 Å². The van der Waals surface area contributed by atoms with Crippen LogP contribution in [0, 0.1) is 12.8 Å². The van der Waals surface area contributed by atoms with Crippen molar-refractivity contribution < 1.29 is 14.7 Å². The quantitative estimate of drug-likeness (QED) is 0.150. The number of nitrogens with zero attached hydrogens (tertiary/aromatic N) is 4. The molecule has 264 valence electrons. The first kappa shape index (κ1) is 36.0. The zero-order valence-corrected chi connectivity index (χ0v) is 31.2. The van der Waals surface area contributed by atoms with Crippen LogP contribution in [0.15, 0.2) is 53.6 Å². The van der Waals surface area contributed by atoms with Crippen molar-refractivity contribution in [1.82, 2.24) is 14.9 Å². The van der Waals surface area contributed by atoms with Gasteiger partial charge in [-0.05, 0) is 99.8 Å². The maximum Gasteiger partial charge on any atom is 0.229 e. The van der Waals surface area contributed by atoms with Gasteiger partial charge >= 0.3 is 0 Å². The van der Waals surface area contributed by atoms with Crippen LogP contribution in [-0.4, -0.2) is 63.3 Å². The number of benzene rings is 2. The van der Waals surface area contributed by atoms with Crippen molar-refractivity contribution in [2.75, 3.05) is 30.1 Å². The van der Waals surface area contributed by atoms with Crippen LogP contribution in [-0.2, 0) is 4.74 Å². The van der Waals surface area contributed by atoms with E-state index in [1.54, 1.807) is 11.8 Å². The number of hydrogen-bond acceptors (Lipinski definition) is 9. The van der Waals surface area contributed by atoms with E-state index in [1.165, 1.54) is 49.4 Å². The highest BCUT2D eigenvalue weighted by molar-refractivity contribution is 8.00. The number of rotatable bonds is 11. The van der Waals surface area contributed by atoms with E-state index in [1.807, 2.05) is 38.1 Å². The lowest BCUT2D eigenvalue weighted by Crippen LogP contribution is -2.48. The van der Waals surface area contributed by atoms with E-state index in [4.69, 9.17) is 21.1 Å². The van der Waals surface area contributed by atoms with Gasteiger partial charge in [0.2, 0.25) is 5.95 Å². The van der Waals surface area contributed by atoms with Gasteiger partial charge in [0, 0.05) is 42.0 Å². The summed E-state index contributed by atoms with van der Waals surface area (Å²) in [6.45, 7) is 13.2. The SMILES string of the molecule is C1CC1.Cc1cc(Nc2ncc(Cl)c(N(O)c3ccccc3SC(C)C)n2)c(OC(C)C)cc1C1=CCN(C2CCOCC2)C(C2CC2)C1. The predicted octanol–water partition coefficient (Wildman–Crippen LogP) is 10.2. The summed E-state index contributed by atoms with van der Waals surface area (Å²) in [4.78, 5) is 12.8. The van der Waals surface area contributed by atoms with E-state index in [2.05, 4.69) is 59.2 Å². The Balaban J connectivity index is 0.00000132. The average molecular weight is 706 g/mol. The van der Waals surface area contributed by atoms with Crippen LogP contribution in [0.2, 0.25) is 5.02 Å². The molecule has 10 heteroatoms. The molecule has 0 radical (unpaired) electrons. The zero-order valence-electron chi connectivity index (χ0n) is 29.6. The molecule has 1 unspecified atom stereocenters. The topological polar surface area (TPSA) is 83.0 Å². The molecule has 2 aliphatic carbocycles. The monoisotopic (exact) mass is 705 g/mol. The third kappa shape index (κ3) is 9.50. The summed E-state index contributed by atoms with van der Waals surface area (Å²) in [5.41, 5.74) is 5.17. The summed E-state index contributed by atoms with van der Waals surface area (Å²) in [5.74, 6) is 2.04. The largest absolute Gasteiger partial charge is 0.489 e. The highest BCUT2D eigenvalue weighted by Gasteiger charge is 2.40. The van der Waals surface area contributed by atoms with Gasteiger partial charge in [0.1, 0.15) is 10.8 Å². The zero-order chi connectivity index (χ0) is 34.5. The molecule has 2 aliphatic heterocycles. The van der Waals surface area contributed by atoms with Gasteiger partial charge < -0.3 is 14.8 Å². The van der Waals surface area contributed by atoms with E-state index in [9.17, 15) is 5.21 Å². The third-order valence-electron chi connectivity index (χ3n) is 9.25. The second kappa shape index (κ2) is 16.5. The fraction of sp³-hybridized carbons (Fsp3) is 0.538. The second-order valence-corrected chi connectivity index (χ2v) is 16.2.